The molecule has 6 heteroatoms. The van der Waals surface area contributed by atoms with Gasteiger partial charge in [-0.25, -0.2) is 4.98 Å². The summed E-state index contributed by atoms with van der Waals surface area (Å²) in [5.74, 6) is 0.460. The second kappa shape index (κ2) is 6.10. The van der Waals surface area contributed by atoms with Crippen molar-refractivity contribution in [3.05, 3.63) is 12.3 Å². The van der Waals surface area contributed by atoms with Crippen LogP contribution in [0.4, 0.5) is 5.95 Å². The largest absolute Gasteiger partial charge is 0.481 e. The number of hydrogen-bond acceptors (Lipinski definition) is 5. The summed E-state index contributed by atoms with van der Waals surface area (Å²) in [6.07, 6.45) is 7.70. The van der Waals surface area contributed by atoms with E-state index in [1.165, 1.54) is 0 Å². The van der Waals surface area contributed by atoms with Gasteiger partial charge in [-0.2, -0.15) is 4.98 Å². The lowest BCUT2D eigenvalue weighted by Gasteiger charge is -2.50. The molecule has 1 aromatic rings. The van der Waals surface area contributed by atoms with Crippen molar-refractivity contribution >= 4 is 11.9 Å². The van der Waals surface area contributed by atoms with Crippen molar-refractivity contribution in [3.63, 3.8) is 0 Å². The summed E-state index contributed by atoms with van der Waals surface area (Å²) in [4.78, 5) is 19.5. The first-order valence-corrected chi connectivity index (χ1v) is 8.05. The van der Waals surface area contributed by atoms with Crippen LogP contribution in [-0.4, -0.2) is 33.7 Å². The van der Waals surface area contributed by atoms with Crippen LogP contribution in [0.2, 0.25) is 0 Å². The fourth-order valence-electron chi connectivity index (χ4n) is 3.77. The molecule has 0 bridgehead atoms. The third kappa shape index (κ3) is 3.15. The van der Waals surface area contributed by atoms with Gasteiger partial charge < -0.3 is 15.2 Å². The average Bonchev–Trinajstić information content (AvgIpc) is 2.46. The van der Waals surface area contributed by atoms with Gasteiger partial charge in [-0.15, -0.1) is 0 Å². The number of anilines is 1. The number of aromatic nitrogens is 2. The Balaban J connectivity index is 1.50. The lowest BCUT2D eigenvalue weighted by molar-refractivity contribution is -0.151. The van der Waals surface area contributed by atoms with Crippen LogP contribution in [0.25, 0.3) is 0 Å². The van der Waals surface area contributed by atoms with Gasteiger partial charge in [0.15, 0.2) is 0 Å². The second-order valence-corrected chi connectivity index (χ2v) is 6.51. The summed E-state index contributed by atoms with van der Waals surface area (Å²) in [5.41, 5.74) is 0.287. The zero-order valence-electron chi connectivity index (χ0n) is 12.9. The molecule has 0 saturated heterocycles. The SMILES string of the molecule is CCOc1ccnc(NC2CCC3(CC2)CC(C(=O)O)C3)n1. The van der Waals surface area contributed by atoms with Gasteiger partial charge in [-0.05, 0) is 50.9 Å². The van der Waals surface area contributed by atoms with Crippen molar-refractivity contribution in [3.8, 4) is 5.88 Å². The highest BCUT2D eigenvalue weighted by atomic mass is 16.5. The Bertz CT molecular complexity index is 533. The molecule has 3 rings (SSSR count). The molecule has 120 valence electrons. The normalized spacial score (nSPS) is 30.6. The van der Waals surface area contributed by atoms with Crippen molar-refractivity contribution in [1.29, 1.82) is 0 Å². The molecule has 0 aliphatic heterocycles. The highest BCUT2D eigenvalue weighted by molar-refractivity contribution is 5.71. The molecule has 1 heterocycles. The van der Waals surface area contributed by atoms with E-state index in [4.69, 9.17) is 9.84 Å². The number of rotatable bonds is 5. The molecule has 2 aliphatic carbocycles. The van der Waals surface area contributed by atoms with E-state index in [-0.39, 0.29) is 11.3 Å². The first-order valence-electron chi connectivity index (χ1n) is 8.05. The zero-order valence-corrected chi connectivity index (χ0v) is 12.9. The molecule has 2 N–H and O–H groups in total. The van der Waals surface area contributed by atoms with Gasteiger partial charge in [-0.3, -0.25) is 4.79 Å². The van der Waals surface area contributed by atoms with E-state index in [1.807, 2.05) is 6.92 Å². The molecule has 0 radical (unpaired) electrons. The Morgan fingerprint density at radius 3 is 2.82 bits per heavy atom. The molecule has 0 atom stereocenters. The summed E-state index contributed by atoms with van der Waals surface area (Å²) in [6, 6.07) is 2.12. The average molecular weight is 305 g/mol. The number of carboxylic acids is 1. The lowest BCUT2D eigenvalue weighted by Crippen LogP contribution is -2.45. The van der Waals surface area contributed by atoms with Gasteiger partial charge in [0.25, 0.3) is 0 Å². The molecule has 2 fully saturated rings. The number of hydrogen-bond donors (Lipinski definition) is 2. The van der Waals surface area contributed by atoms with Crippen LogP contribution in [-0.2, 0) is 4.79 Å². The second-order valence-electron chi connectivity index (χ2n) is 6.51. The van der Waals surface area contributed by atoms with Crippen LogP contribution in [0.3, 0.4) is 0 Å². The smallest absolute Gasteiger partial charge is 0.306 e. The number of nitrogens with zero attached hydrogens (tertiary/aromatic N) is 2. The summed E-state index contributed by atoms with van der Waals surface area (Å²) in [5, 5.41) is 12.4. The summed E-state index contributed by atoms with van der Waals surface area (Å²) >= 11 is 0. The molecule has 0 unspecified atom stereocenters. The van der Waals surface area contributed by atoms with Crippen molar-refractivity contribution in [2.24, 2.45) is 11.3 Å². The number of nitrogens with one attached hydrogen (secondary N) is 1. The molecule has 1 aromatic heterocycles. The minimum atomic E-state index is -0.632. The fourth-order valence-corrected chi connectivity index (χ4v) is 3.77. The van der Waals surface area contributed by atoms with Crippen LogP contribution in [0, 0.1) is 11.3 Å². The van der Waals surface area contributed by atoms with Crippen molar-refractivity contribution in [2.45, 2.75) is 51.5 Å². The minimum Gasteiger partial charge on any atom is -0.481 e. The van der Waals surface area contributed by atoms with E-state index in [0.717, 1.165) is 38.5 Å². The third-order valence-corrected chi connectivity index (χ3v) is 5.01. The van der Waals surface area contributed by atoms with Gasteiger partial charge in [0.2, 0.25) is 11.8 Å². The maximum Gasteiger partial charge on any atom is 0.306 e. The molecule has 1 spiro atoms. The number of aliphatic carboxylic acids is 1. The number of ether oxygens (including phenoxy) is 1. The highest BCUT2D eigenvalue weighted by Gasteiger charge is 2.48. The van der Waals surface area contributed by atoms with Crippen molar-refractivity contribution < 1.29 is 14.6 Å². The molecular formula is C16H23N3O3. The van der Waals surface area contributed by atoms with Gasteiger partial charge in [0.1, 0.15) is 0 Å². The van der Waals surface area contributed by atoms with Gasteiger partial charge in [0, 0.05) is 18.3 Å². The molecule has 2 aliphatic rings. The molecule has 0 aromatic carbocycles. The van der Waals surface area contributed by atoms with Gasteiger partial charge in [-0.1, -0.05) is 0 Å². The van der Waals surface area contributed by atoms with Crippen LogP contribution in [0.1, 0.15) is 45.4 Å². The monoisotopic (exact) mass is 305 g/mol. The zero-order chi connectivity index (χ0) is 15.6. The van der Waals surface area contributed by atoms with E-state index >= 15 is 0 Å². The Morgan fingerprint density at radius 1 is 1.45 bits per heavy atom. The predicted octanol–water partition coefficient (Wildman–Crippen LogP) is 2.71. The Labute approximate surface area is 130 Å². The summed E-state index contributed by atoms with van der Waals surface area (Å²) in [6.45, 7) is 2.52. The van der Waals surface area contributed by atoms with Crippen LogP contribution >= 0.6 is 0 Å². The molecule has 2 saturated carbocycles. The van der Waals surface area contributed by atoms with E-state index in [9.17, 15) is 4.79 Å². The fraction of sp³-hybridized carbons (Fsp3) is 0.688. The highest BCUT2D eigenvalue weighted by Crippen LogP contribution is 2.54. The van der Waals surface area contributed by atoms with E-state index in [1.54, 1.807) is 12.3 Å². The Morgan fingerprint density at radius 2 is 2.18 bits per heavy atom. The standard InChI is InChI=1S/C16H23N3O3/c1-2-22-13-5-8-17-15(19-13)18-12-3-6-16(7-4-12)9-11(10-16)14(20)21/h5,8,11-12H,2-4,6-7,9-10H2,1H3,(H,20,21)(H,17,18,19). The number of carboxylic acid groups (broad SMARTS) is 1. The van der Waals surface area contributed by atoms with E-state index in [2.05, 4.69) is 15.3 Å². The first kappa shape index (κ1) is 15.1. The minimum absolute atomic E-state index is 0.115. The topological polar surface area (TPSA) is 84.3 Å². The molecule has 6 nitrogen and oxygen atoms in total. The van der Waals surface area contributed by atoms with Crippen LogP contribution < -0.4 is 10.1 Å². The first-order chi connectivity index (χ1) is 10.6. The number of carbonyl (C=O) groups is 1. The maximum absolute atomic E-state index is 11.0. The van der Waals surface area contributed by atoms with Crippen molar-refractivity contribution in [1.82, 2.24) is 9.97 Å². The quantitative estimate of drug-likeness (QED) is 0.870. The molecular weight excluding hydrogens is 282 g/mol. The Hall–Kier alpha value is -1.85. The van der Waals surface area contributed by atoms with E-state index < -0.39 is 5.97 Å². The molecule has 22 heavy (non-hydrogen) atoms. The van der Waals surface area contributed by atoms with E-state index in [0.29, 0.717) is 24.5 Å². The molecule has 0 amide bonds. The lowest BCUT2D eigenvalue weighted by atomic mass is 9.55. The van der Waals surface area contributed by atoms with Crippen LogP contribution in [0.15, 0.2) is 12.3 Å². The summed E-state index contributed by atoms with van der Waals surface area (Å²) < 4.78 is 5.38. The third-order valence-electron chi connectivity index (χ3n) is 5.01. The van der Waals surface area contributed by atoms with Gasteiger partial charge in [0.05, 0.1) is 12.5 Å². The predicted molar refractivity (Wildman–Crippen MR) is 81.9 cm³/mol. The van der Waals surface area contributed by atoms with Gasteiger partial charge >= 0.3 is 5.97 Å². The van der Waals surface area contributed by atoms with Crippen LogP contribution in [0.5, 0.6) is 5.88 Å². The maximum atomic E-state index is 11.0. The van der Waals surface area contributed by atoms with Crippen molar-refractivity contribution in [2.75, 3.05) is 11.9 Å². The Kier molecular flexibility index (Phi) is 4.18. The summed E-state index contributed by atoms with van der Waals surface area (Å²) in [7, 11) is 0.